The summed E-state index contributed by atoms with van der Waals surface area (Å²) in [6.45, 7) is -0.0883. The smallest absolute Gasteiger partial charge is 0.239 e. The van der Waals surface area contributed by atoms with Crippen LogP contribution in [0.2, 0.25) is 0 Å². The molecule has 0 spiro atoms. The highest BCUT2D eigenvalue weighted by molar-refractivity contribution is 7.89. The Kier molecular flexibility index (Phi) is 3.79. The van der Waals surface area contributed by atoms with Gasteiger partial charge in [0, 0.05) is 6.07 Å². The van der Waals surface area contributed by atoms with Crippen LogP contribution in [0, 0.1) is 0 Å². The zero-order chi connectivity index (χ0) is 13.9. The molecule has 0 unspecified atom stereocenters. The molecule has 0 saturated heterocycles. The third-order valence-corrected chi connectivity index (χ3v) is 3.24. The number of ether oxygens (including phenoxy) is 1. The van der Waals surface area contributed by atoms with Gasteiger partial charge in [0.25, 0.3) is 0 Å². The van der Waals surface area contributed by atoms with Gasteiger partial charge in [-0.05, 0) is 23.8 Å². The number of pyridine rings is 1. The summed E-state index contributed by atoms with van der Waals surface area (Å²) in [5.74, 6) is 0.741. The second-order valence-corrected chi connectivity index (χ2v) is 5.35. The van der Waals surface area contributed by atoms with E-state index in [-0.39, 0.29) is 17.4 Å². The number of hydrogen-bond acceptors (Lipinski definition) is 5. The molecule has 1 heterocycles. The molecular formula is C12H12N2O4S. The first kappa shape index (κ1) is 13.5. The number of primary sulfonamides is 1. The summed E-state index contributed by atoms with van der Waals surface area (Å²) in [5.41, 5.74) is 0.707. The van der Waals surface area contributed by atoms with Crippen molar-refractivity contribution in [3.8, 4) is 11.6 Å². The van der Waals surface area contributed by atoms with Gasteiger partial charge in [-0.3, -0.25) is 0 Å². The van der Waals surface area contributed by atoms with Gasteiger partial charge >= 0.3 is 0 Å². The van der Waals surface area contributed by atoms with Crippen LogP contribution in [0.3, 0.4) is 0 Å². The Morgan fingerprint density at radius 2 is 2.05 bits per heavy atom. The van der Waals surface area contributed by atoms with E-state index >= 15 is 0 Å². The van der Waals surface area contributed by atoms with Gasteiger partial charge in [-0.2, -0.15) is 0 Å². The van der Waals surface area contributed by atoms with E-state index in [9.17, 15) is 8.42 Å². The van der Waals surface area contributed by atoms with Crippen LogP contribution in [0.1, 0.15) is 5.56 Å². The Hall–Kier alpha value is -1.96. The van der Waals surface area contributed by atoms with E-state index in [1.165, 1.54) is 12.1 Å². The quantitative estimate of drug-likeness (QED) is 0.870. The number of sulfonamides is 1. The van der Waals surface area contributed by atoms with Gasteiger partial charge in [-0.25, -0.2) is 18.5 Å². The standard InChI is InChI=1S/C12H12N2O4S/c13-19(16,17)11-4-5-12(14-7-11)18-10-3-1-2-9(6-10)8-15/h1-7,15H,8H2,(H2,13,16,17). The van der Waals surface area contributed by atoms with Crippen LogP contribution in [0.4, 0.5) is 0 Å². The van der Waals surface area contributed by atoms with Crippen molar-refractivity contribution in [2.24, 2.45) is 5.14 Å². The van der Waals surface area contributed by atoms with Crippen molar-refractivity contribution in [1.29, 1.82) is 0 Å². The third-order valence-electron chi connectivity index (χ3n) is 2.34. The molecule has 0 aliphatic rings. The average molecular weight is 280 g/mol. The van der Waals surface area contributed by atoms with Crippen molar-refractivity contribution in [2.75, 3.05) is 0 Å². The third kappa shape index (κ3) is 3.50. The van der Waals surface area contributed by atoms with E-state index in [1.807, 2.05) is 0 Å². The molecule has 0 aliphatic heterocycles. The normalized spacial score (nSPS) is 11.3. The lowest BCUT2D eigenvalue weighted by molar-refractivity contribution is 0.281. The molecule has 0 bridgehead atoms. The lowest BCUT2D eigenvalue weighted by Crippen LogP contribution is -2.12. The molecule has 0 aliphatic carbocycles. The number of nitrogens with two attached hydrogens (primary N) is 1. The molecule has 3 N–H and O–H groups in total. The van der Waals surface area contributed by atoms with Crippen molar-refractivity contribution >= 4 is 10.0 Å². The monoisotopic (exact) mass is 280 g/mol. The van der Waals surface area contributed by atoms with E-state index in [4.69, 9.17) is 15.0 Å². The SMILES string of the molecule is NS(=O)(=O)c1ccc(Oc2cccc(CO)c2)nc1. The van der Waals surface area contributed by atoms with Crippen LogP contribution in [-0.4, -0.2) is 18.5 Å². The van der Waals surface area contributed by atoms with Crippen LogP contribution >= 0.6 is 0 Å². The molecule has 0 fully saturated rings. The summed E-state index contributed by atoms with van der Waals surface area (Å²) in [6, 6.07) is 9.58. The largest absolute Gasteiger partial charge is 0.439 e. The van der Waals surface area contributed by atoms with E-state index in [0.29, 0.717) is 11.3 Å². The number of hydrogen-bond donors (Lipinski definition) is 2. The second kappa shape index (κ2) is 5.35. The van der Waals surface area contributed by atoms with Gasteiger partial charge in [-0.1, -0.05) is 12.1 Å². The molecule has 7 heteroatoms. The molecule has 0 atom stereocenters. The summed E-state index contributed by atoms with van der Waals surface area (Å²) in [4.78, 5) is 3.77. The minimum absolute atomic E-state index is 0.0797. The fourth-order valence-corrected chi connectivity index (χ4v) is 1.88. The topological polar surface area (TPSA) is 103 Å². The average Bonchev–Trinajstić information content (AvgIpc) is 2.38. The van der Waals surface area contributed by atoms with Crippen LogP contribution in [0.15, 0.2) is 47.5 Å². The lowest BCUT2D eigenvalue weighted by Gasteiger charge is -2.06. The van der Waals surface area contributed by atoms with Gasteiger partial charge in [-0.15, -0.1) is 0 Å². The molecule has 19 heavy (non-hydrogen) atoms. The summed E-state index contributed by atoms with van der Waals surface area (Å²) < 4.78 is 27.5. The summed E-state index contributed by atoms with van der Waals surface area (Å²) in [7, 11) is -3.75. The molecule has 2 aromatic rings. The zero-order valence-electron chi connectivity index (χ0n) is 9.85. The zero-order valence-corrected chi connectivity index (χ0v) is 10.7. The predicted molar refractivity (Wildman–Crippen MR) is 68.0 cm³/mol. The van der Waals surface area contributed by atoms with Gasteiger partial charge < -0.3 is 9.84 Å². The first-order chi connectivity index (χ1) is 8.99. The van der Waals surface area contributed by atoms with Crippen LogP contribution in [-0.2, 0) is 16.6 Å². The Bertz CT molecular complexity index is 668. The first-order valence-electron chi connectivity index (χ1n) is 5.35. The molecule has 1 aromatic carbocycles. The highest BCUT2D eigenvalue weighted by atomic mass is 32.2. The first-order valence-corrected chi connectivity index (χ1v) is 6.90. The Balaban J connectivity index is 2.19. The van der Waals surface area contributed by atoms with E-state index in [0.717, 1.165) is 6.20 Å². The minimum atomic E-state index is -3.75. The number of nitrogens with zero attached hydrogens (tertiary/aromatic N) is 1. The fraction of sp³-hybridized carbons (Fsp3) is 0.0833. The Morgan fingerprint density at radius 3 is 2.63 bits per heavy atom. The van der Waals surface area contributed by atoms with Crippen LogP contribution in [0.25, 0.3) is 0 Å². The van der Waals surface area contributed by atoms with E-state index in [1.54, 1.807) is 24.3 Å². The van der Waals surface area contributed by atoms with Gasteiger partial charge in [0.15, 0.2) is 0 Å². The highest BCUT2D eigenvalue weighted by Crippen LogP contribution is 2.21. The van der Waals surface area contributed by atoms with Gasteiger partial charge in [0.2, 0.25) is 15.9 Å². The number of aliphatic hydroxyl groups excluding tert-OH is 1. The molecule has 0 radical (unpaired) electrons. The number of benzene rings is 1. The molecule has 6 nitrogen and oxygen atoms in total. The molecule has 100 valence electrons. The van der Waals surface area contributed by atoms with E-state index < -0.39 is 10.0 Å². The number of rotatable bonds is 4. The van der Waals surface area contributed by atoms with E-state index in [2.05, 4.69) is 4.98 Å². The molecule has 0 saturated carbocycles. The molecule has 1 aromatic heterocycles. The Labute approximate surface area is 110 Å². The van der Waals surface area contributed by atoms with Gasteiger partial charge in [0.05, 0.1) is 12.8 Å². The second-order valence-electron chi connectivity index (χ2n) is 3.78. The highest BCUT2D eigenvalue weighted by Gasteiger charge is 2.08. The molecule has 2 rings (SSSR count). The van der Waals surface area contributed by atoms with Crippen molar-refractivity contribution < 1.29 is 18.3 Å². The van der Waals surface area contributed by atoms with Crippen LogP contribution in [0.5, 0.6) is 11.6 Å². The number of aliphatic hydroxyl groups is 1. The predicted octanol–water partition coefficient (Wildman–Crippen LogP) is 1.01. The van der Waals surface area contributed by atoms with Crippen molar-refractivity contribution in [1.82, 2.24) is 4.98 Å². The maximum atomic E-state index is 11.1. The van der Waals surface area contributed by atoms with Crippen LogP contribution < -0.4 is 9.88 Å². The molecular weight excluding hydrogens is 268 g/mol. The Morgan fingerprint density at radius 1 is 1.26 bits per heavy atom. The molecule has 0 amide bonds. The van der Waals surface area contributed by atoms with Crippen molar-refractivity contribution in [3.63, 3.8) is 0 Å². The maximum absolute atomic E-state index is 11.1. The van der Waals surface area contributed by atoms with Crippen molar-refractivity contribution in [2.45, 2.75) is 11.5 Å². The maximum Gasteiger partial charge on any atom is 0.239 e. The van der Waals surface area contributed by atoms with Crippen molar-refractivity contribution in [3.05, 3.63) is 48.2 Å². The minimum Gasteiger partial charge on any atom is -0.439 e. The summed E-state index contributed by atoms with van der Waals surface area (Å²) >= 11 is 0. The lowest BCUT2D eigenvalue weighted by atomic mass is 10.2. The fourth-order valence-electron chi connectivity index (χ4n) is 1.42. The summed E-state index contributed by atoms with van der Waals surface area (Å²) in [6.07, 6.45) is 1.13. The summed E-state index contributed by atoms with van der Waals surface area (Å²) in [5, 5.41) is 14.0. The van der Waals surface area contributed by atoms with Gasteiger partial charge in [0.1, 0.15) is 10.6 Å². The number of aromatic nitrogens is 1.